The van der Waals surface area contributed by atoms with E-state index in [-0.39, 0.29) is 5.91 Å². The molecule has 0 saturated heterocycles. The number of carbonyl (C=O) groups is 1. The van der Waals surface area contributed by atoms with E-state index < -0.39 is 0 Å². The number of nitrogens with one attached hydrogen (secondary N) is 1. The van der Waals surface area contributed by atoms with Crippen molar-refractivity contribution in [3.8, 4) is 5.75 Å². The predicted octanol–water partition coefficient (Wildman–Crippen LogP) is 5.46. The van der Waals surface area contributed by atoms with E-state index in [9.17, 15) is 4.79 Å². The summed E-state index contributed by atoms with van der Waals surface area (Å²) in [6.45, 7) is 0.738. The highest BCUT2D eigenvalue weighted by molar-refractivity contribution is 6.42. The summed E-state index contributed by atoms with van der Waals surface area (Å²) in [7, 11) is 0. The van der Waals surface area contributed by atoms with Crippen LogP contribution < -0.4 is 10.1 Å². The largest absolute Gasteiger partial charge is 0.489 e. The molecule has 156 valence electrons. The zero-order valence-electron chi connectivity index (χ0n) is 16.3. The third-order valence-electron chi connectivity index (χ3n) is 4.53. The fraction of sp³-hybridized carbons (Fsp3) is 0.0870. The number of benzene rings is 2. The van der Waals surface area contributed by atoms with Crippen molar-refractivity contribution in [1.29, 1.82) is 0 Å². The Morgan fingerprint density at radius 3 is 2.74 bits per heavy atom. The molecule has 0 bridgehead atoms. The summed E-state index contributed by atoms with van der Waals surface area (Å²) in [5.74, 6) is 0.865. The number of pyridine rings is 1. The molecule has 1 amide bonds. The Labute approximate surface area is 189 Å². The van der Waals surface area contributed by atoms with Crippen LogP contribution in [0.15, 0.2) is 79.3 Å². The van der Waals surface area contributed by atoms with Gasteiger partial charge in [-0.05, 0) is 35.9 Å². The van der Waals surface area contributed by atoms with Gasteiger partial charge in [0.15, 0.2) is 0 Å². The van der Waals surface area contributed by atoms with Gasteiger partial charge in [-0.2, -0.15) is 5.10 Å². The highest BCUT2D eigenvalue weighted by Crippen LogP contribution is 2.27. The van der Waals surface area contributed by atoms with E-state index in [2.05, 4.69) is 15.4 Å². The van der Waals surface area contributed by atoms with E-state index in [0.717, 1.165) is 11.1 Å². The fourth-order valence-corrected chi connectivity index (χ4v) is 3.34. The topological polar surface area (TPSA) is 69.0 Å². The second-order valence-electron chi connectivity index (χ2n) is 6.72. The molecule has 0 aliphatic heterocycles. The van der Waals surface area contributed by atoms with Gasteiger partial charge in [0, 0.05) is 29.6 Å². The number of amides is 1. The molecule has 0 aliphatic rings. The lowest BCUT2D eigenvalue weighted by atomic mass is 10.2. The minimum Gasteiger partial charge on any atom is -0.489 e. The summed E-state index contributed by atoms with van der Waals surface area (Å²) >= 11 is 12.4. The molecule has 0 unspecified atom stereocenters. The summed E-state index contributed by atoms with van der Waals surface area (Å²) in [4.78, 5) is 16.9. The van der Waals surface area contributed by atoms with Gasteiger partial charge in [0.2, 0.25) is 0 Å². The molecule has 2 aromatic carbocycles. The van der Waals surface area contributed by atoms with Crippen molar-refractivity contribution < 1.29 is 9.53 Å². The summed E-state index contributed by atoms with van der Waals surface area (Å²) < 4.78 is 7.43. The molecular formula is C23H18Cl2N4O2. The first-order chi connectivity index (χ1) is 15.1. The second kappa shape index (κ2) is 9.64. The molecule has 0 aliphatic carbocycles. The van der Waals surface area contributed by atoms with E-state index in [4.69, 9.17) is 27.9 Å². The van der Waals surface area contributed by atoms with Crippen molar-refractivity contribution in [2.24, 2.45) is 0 Å². The Morgan fingerprint density at radius 2 is 1.90 bits per heavy atom. The standard InChI is InChI=1S/C23H18Cl2N4O2/c24-20-8-2-6-18(22(20)25)14-29-21(9-11-27-29)28-23(30)17-5-1-7-19(12-17)31-15-16-4-3-10-26-13-16/h1-13H,14-15H2,(H,28,30). The van der Waals surface area contributed by atoms with Crippen molar-refractivity contribution in [2.45, 2.75) is 13.2 Å². The molecule has 8 heteroatoms. The molecule has 0 spiro atoms. The minimum atomic E-state index is -0.272. The van der Waals surface area contributed by atoms with Gasteiger partial charge in [0.25, 0.3) is 5.91 Å². The Balaban J connectivity index is 1.44. The van der Waals surface area contributed by atoms with Crippen molar-refractivity contribution >= 4 is 34.9 Å². The number of aromatic nitrogens is 3. The third-order valence-corrected chi connectivity index (χ3v) is 5.39. The number of ether oxygens (including phenoxy) is 1. The van der Waals surface area contributed by atoms with Crippen LogP contribution in [0.3, 0.4) is 0 Å². The fourth-order valence-electron chi connectivity index (χ4n) is 2.96. The summed E-state index contributed by atoms with van der Waals surface area (Å²) in [6.07, 6.45) is 5.06. The lowest BCUT2D eigenvalue weighted by Gasteiger charge is -2.11. The molecular weight excluding hydrogens is 435 g/mol. The van der Waals surface area contributed by atoms with Crippen LogP contribution in [0.5, 0.6) is 5.75 Å². The van der Waals surface area contributed by atoms with Crippen LogP contribution in [0.1, 0.15) is 21.5 Å². The highest BCUT2D eigenvalue weighted by Gasteiger charge is 2.13. The third kappa shape index (κ3) is 5.23. The first-order valence-electron chi connectivity index (χ1n) is 9.48. The maximum absolute atomic E-state index is 12.8. The number of carbonyl (C=O) groups excluding carboxylic acids is 1. The maximum Gasteiger partial charge on any atom is 0.256 e. The zero-order chi connectivity index (χ0) is 21.6. The monoisotopic (exact) mass is 452 g/mol. The number of hydrogen-bond acceptors (Lipinski definition) is 4. The van der Waals surface area contributed by atoms with Crippen molar-refractivity contribution in [2.75, 3.05) is 5.32 Å². The number of rotatable bonds is 7. The molecule has 4 aromatic rings. The van der Waals surface area contributed by atoms with Crippen LogP contribution in [0.25, 0.3) is 0 Å². The lowest BCUT2D eigenvalue weighted by molar-refractivity contribution is 0.102. The first kappa shape index (κ1) is 20.9. The van der Waals surface area contributed by atoms with Gasteiger partial charge in [-0.25, -0.2) is 4.68 Å². The van der Waals surface area contributed by atoms with Crippen molar-refractivity contribution in [1.82, 2.24) is 14.8 Å². The van der Waals surface area contributed by atoms with Gasteiger partial charge in [0.05, 0.1) is 22.8 Å². The Bertz CT molecular complexity index is 1200. The highest BCUT2D eigenvalue weighted by atomic mass is 35.5. The van der Waals surface area contributed by atoms with Crippen molar-refractivity contribution in [3.63, 3.8) is 0 Å². The van der Waals surface area contributed by atoms with Crippen LogP contribution in [0, 0.1) is 0 Å². The van der Waals surface area contributed by atoms with Gasteiger partial charge >= 0.3 is 0 Å². The number of nitrogens with zero attached hydrogens (tertiary/aromatic N) is 3. The molecule has 1 N–H and O–H groups in total. The Hall–Kier alpha value is -3.35. The molecule has 0 radical (unpaired) electrons. The Kier molecular flexibility index (Phi) is 6.50. The zero-order valence-corrected chi connectivity index (χ0v) is 17.8. The summed E-state index contributed by atoms with van der Waals surface area (Å²) in [5, 5.41) is 8.10. The molecule has 6 nitrogen and oxygen atoms in total. The van der Waals surface area contributed by atoms with Gasteiger partial charge < -0.3 is 10.1 Å². The van der Waals surface area contributed by atoms with E-state index in [1.807, 2.05) is 24.3 Å². The van der Waals surface area contributed by atoms with Gasteiger partial charge in [-0.1, -0.05) is 47.5 Å². The van der Waals surface area contributed by atoms with Crippen LogP contribution in [-0.4, -0.2) is 20.7 Å². The van der Waals surface area contributed by atoms with E-state index in [1.165, 1.54) is 0 Å². The van der Waals surface area contributed by atoms with E-state index in [1.54, 1.807) is 59.7 Å². The average Bonchev–Trinajstić information content (AvgIpc) is 3.23. The molecule has 0 saturated carbocycles. The van der Waals surface area contributed by atoms with E-state index >= 15 is 0 Å². The minimum absolute atomic E-state index is 0.272. The summed E-state index contributed by atoms with van der Waals surface area (Å²) in [6, 6.07) is 17.9. The molecule has 0 fully saturated rings. The predicted molar refractivity (Wildman–Crippen MR) is 121 cm³/mol. The molecule has 2 aromatic heterocycles. The molecule has 2 heterocycles. The van der Waals surface area contributed by atoms with Crippen LogP contribution in [0.4, 0.5) is 5.82 Å². The lowest BCUT2D eigenvalue weighted by Crippen LogP contribution is -2.16. The second-order valence-corrected chi connectivity index (χ2v) is 7.50. The quantitative estimate of drug-likeness (QED) is 0.403. The van der Waals surface area contributed by atoms with Crippen LogP contribution in [-0.2, 0) is 13.2 Å². The van der Waals surface area contributed by atoms with Crippen LogP contribution in [0.2, 0.25) is 10.0 Å². The molecule has 4 rings (SSSR count). The van der Waals surface area contributed by atoms with Crippen LogP contribution >= 0.6 is 23.2 Å². The number of anilines is 1. The molecule has 0 atom stereocenters. The van der Waals surface area contributed by atoms with Gasteiger partial charge in [-0.15, -0.1) is 0 Å². The molecule has 31 heavy (non-hydrogen) atoms. The smallest absolute Gasteiger partial charge is 0.256 e. The summed E-state index contributed by atoms with van der Waals surface area (Å²) in [5.41, 5.74) is 2.22. The van der Waals surface area contributed by atoms with Gasteiger partial charge in [0.1, 0.15) is 18.2 Å². The normalized spacial score (nSPS) is 10.6. The SMILES string of the molecule is O=C(Nc1ccnn1Cc1cccc(Cl)c1Cl)c1cccc(OCc2cccnc2)c1. The average molecular weight is 453 g/mol. The number of halogens is 2. The van der Waals surface area contributed by atoms with E-state index in [0.29, 0.717) is 40.3 Å². The van der Waals surface area contributed by atoms with Gasteiger partial charge in [-0.3, -0.25) is 9.78 Å². The maximum atomic E-state index is 12.8. The first-order valence-corrected chi connectivity index (χ1v) is 10.2. The van der Waals surface area contributed by atoms with Crippen molar-refractivity contribution in [3.05, 3.63) is 106 Å². The Morgan fingerprint density at radius 1 is 1.03 bits per heavy atom. The number of hydrogen-bond donors (Lipinski definition) is 1.